The lowest BCUT2D eigenvalue weighted by atomic mass is 10.1. The van der Waals surface area contributed by atoms with Crippen LogP contribution in [-0.2, 0) is 9.84 Å². The van der Waals surface area contributed by atoms with E-state index in [9.17, 15) is 8.42 Å². The molecule has 0 unspecified atom stereocenters. The lowest BCUT2D eigenvalue weighted by molar-refractivity contribution is 0.546. The van der Waals surface area contributed by atoms with Crippen molar-refractivity contribution in [2.45, 2.75) is 38.5 Å². The molecular weight excluding hydrogens is 246 g/mol. The van der Waals surface area contributed by atoms with Crippen molar-refractivity contribution in [3.05, 3.63) is 35.9 Å². The Kier molecular flexibility index (Phi) is 4.93. The van der Waals surface area contributed by atoms with Gasteiger partial charge in [-0.25, -0.2) is 8.42 Å². The smallest absolute Gasteiger partial charge is 0.156 e. The number of sulfone groups is 1. The number of rotatable bonds is 5. The van der Waals surface area contributed by atoms with Crippen molar-refractivity contribution >= 4 is 9.84 Å². The van der Waals surface area contributed by atoms with Crippen LogP contribution in [0.1, 0.15) is 39.3 Å². The van der Waals surface area contributed by atoms with Crippen LogP contribution in [0.4, 0.5) is 0 Å². The molecule has 3 nitrogen and oxygen atoms in total. The van der Waals surface area contributed by atoms with Crippen molar-refractivity contribution in [2.24, 2.45) is 0 Å². The van der Waals surface area contributed by atoms with Gasteiger partial charge in [0.2, 0.25) is 0 Å². The van der Waals surface area contributed by atoms with E-state index in [1.165, 1.54) is 5.56 Å². The van der Waals surface area contributed by atoms with Gasteiger partial charge in [0, 0.05) is 12.6 Å². The van der Waals surface area contributed by atoms with Crippen LogP contribution in [0, 0.1) is 0 Å². The minimum atomic E-state index is -3.04. The molecule has 0 saturated heterocycles. The van der Waals surface area contributed by atoms with Crippen molar-refractivity contribution in [2.75, 3.05) is 12.3 Å². The van der Waals surface area contributed by atoms with Crippen LogP contribution in [0.2, 0.25) is 0 Å². The van der Waals surface area contributed by atoms with Crippen molar-refractivity contribution in [1.82, 2.24) is 5.32 Å². The fraction of sp³-hybridized carbons (Fsp3) is 0.571. The van der Waals surface area contributed by atoms with E-state index in [2.05, 4.69) is 5.32 Å². The predicted octanol–water partition coefficient (Wildman–Crippen LogP) is 2.55. The third-order valence-electron chi connectivity index (χ3n) is 3.05. The Morgan fingerprint density at radius 1 is 1.17 bits per heavy atom. The Bertz CT molecular complexity index is 460. The summed E-state index contributed by atoms with van der Waals surface area (Å²) in [7, 11) is -3.04. The average Bonchev–Trinajstić information content (AvgIpc) is 2.28. The zero-order valence-electron chi connectivity index (χ0n) is 11.6. The molecule has 1 aromatic carbocycles. The first-order valence-corrected chi connectivity index (χ1v) is 7.90. The molecule has 0 saturated carbocycles. The quantitative estimate of drug-likeness (QED) is 0.893. The molecule has 0 fully saturated rings. The number of hydrogen-bond acceptors (Lipinski definition) is 3. The fourth-order valence-corrected chi connectivity index (χ4v) is 2.57. The standard InChI is InChI=1S/C14H23NO2S/c1-12(13-8-6-5-7-9-13)15-10-11-18(16,17)14(2,3)4/h5-9,12,15H,10-11H2,1-4H3/t12-/m1/s1. The maximum absolute atomic E-state index is 11.9. The van der Waals surface area contributed by atoms with Gasteiger partial charge in [-0.3, -0.25) is 0 Å². The zero-order chi connectivity index (χ0) is 13.8. The zero-order valence-corrected chi connectivity index (χ0v) is 12.4. The highest BCUT2D eigenvalue weighted by Gasteiger charge is 2.28. The van der Waals surface area contributed by atoms with Gasteiger partial charge in [-0.05, 0) is 33.3 Å². The van der Waals surface area contributed by atoms with E-state index in [4.69, 9.17) is 0 Å². The van der Waals surface area contributed by atoms with Crippen LogP contribution in [0.15, 0.2) is 30.3 Å². The molecule has 1 N–H and O–H groups in total. The summed E-state index contributed by atoms with van der Waals surface area (Å²) in [6.45, 7) is 7.74. The third-order valence-corrected chi connectivity index (χ3v) is 5.66. The van der Waals surface area contributed by atoms with Gasteiger partial charge < -0.3 is 5.32 Å². The highest BCUT2D eigenvalue weighted by molar-refractivity contribution is 7.92. The molecule has 0 amide bonds. The molecule has 0 aliphatic heterocycles. The lowest BCUT2D eigenvalue weighted by Gasteiger charge is -2.20. The minimum absolute atomic E-state index is 0.168. The Labute approximate surface area is 111 Å². The lowest BCUT2D eigenvalue weighted by Crippen LogP contribution is -2.35. The summed E-state index contributed by atoms with van der Waals surface area (Å²) in [5.74, 6) is 0.174. The van der Waals surface area contributed by atoms with Gasteiger partial charge in [-0.1, -0.05) is 30.3 Å². The normalized spacial score (nSPS) is 14.4. The Hall–Kier alpha value is -0.870. The van der Waals surface area contributed by atoms with Gasteiger partial charge in [0.05, 0.1) is 10.5 Å². The van der Waals surface area contributed by atoms with E-state index in [1.54, 1.807) is 20.8 Å². The summed E-state index contributed by atoms with van der Waals surface area (Å²) in [5.41, 5.74) is 1.17. The molecule has 0 aliphatic carbocycles. The molecule has 1 rings (SSSR count). The molecule has 0 aliphatic rings. The SMILES string of the molecule is C[C@@H](NCCS(=O)(=O)C(C)(C)C)c1ccccc1. The predicted molar refractivity (Wildman–Crippen MR) is 76.4 cm³/mol. The van der Waals surface area contributed by atoms with E-state index in [0.717, 1.165) is 0 Å². The number of nitrogens with one attached hydrogen (secondary N) is 1. The summed E-state index contributed by atoms with van der Waals surface area (Å²) in [4.78, 5) is 0. The largest absolute Gasteiger partial charge is 0.309 e. The molecule has 0 heterocycles. The summed E-state index contributed by atoms with van der Waals surface area (Å²) in [6, 6.07) is 10.2. The van der Waals surface area contributed by atoms with Gasteiger partial charge >= 0.3 is 0 Å². The first-order chi connectivity index (χ1) is 8.24. The number of hydrogen-bond donors (Lipinski definition) is 1. The fourth-order valence-electron chi connectivity index (χ4n) is 1.58. The second kappa shape index (κ2) is 5.85. The molecule has 0 aromatic heterocycles. The van der Waals surface area contributed by atoms with Gasteiger partial charge in [-0.15, -0.1) is 0 Å². The van der Waals surface area contributed by atoms with Crippen LogP contribution in [0.25, 0.3) is 0 Å². The summed E-state index contributed by atoms with van der Waals surface area (Å²) in [6.07, 6.45) is 0. The van der Waals surface area contributed by atoms with Gasteiger partial charge in [-0.2, -0.15) is 0 Å². The van der Waals surface area contributed by atoms with E-state index in [1.807, 2.05) is 37.3 Å². The van der Waals surface area contributed by atoms with Gasteiger partial charge in [0.1, 0.15) is 0 Å². The first kappa shape index (κ1) is 15.2. The summed E-state index contributed by atoms with van der Waals surface area (Å²) in [5, 5.41) is 3.25. The van der Waals surface area contributed by atoms with E-state index in [-0.39, 0.29) is 11.8 Å². The van der Waals surface area contributed by atoms with Gasteiger partial charge in [0.25, 0.3) is 0 Å². The van der Waals surface area contributed by atoms with E-state index >= 15 is 0 Å². The first-order valence-electron chi connectivity index (χ1n) is 6.25. The molecule has 0 radical (unpaired) electrons. The van der Waals surface area contributed by atoms with E-state index in [0.29, 0.717) is 6.54 Å². The molecule has 0 bridgehead atoms. The van der Waals surface area contributed by atoms with Crippen LogP contribution < -0.4 is 5.32 Å². The Morgan fingerprint density at radius 3 is 2.22 bits per heavy atom. The van der Waals surface area contributed by atoms with Crippen molar-refractivity contribution in [1.29, 1.82) is 0 Å². The van der Waals surface area contributed by atoms with Crippen LogP contribution in [-0.4, -0.2) is 25.5 Å². The van der Waals surface area contributed by atoms with Crippen molar-refractivity contribution in [3.63, 3.8) is 0 Å². The molecule has 1 atom stereocenters. The Morgan fingerprint density at radius 2 is 1.72 bits per heavy atom. The monoisotopic (exact) mass is 269 g/mol. The molecule has 18 heavy (non-hydrogen) atoms. The highest BCUT2D eigenvalue weighted by atomic mass is 32.2. The van der Waals surface area contributed by atoms with Crippen LogP contribution in [0.3, 0.4) is 0 Å². The Balaban J connectivity index is 2.49. The van der Waals surface area contributed by atoms with Crippen molar-refractivity contribution < 1.29 is 8.42 Å². The summed E-state index contributed by atoms with van der Waals surface area (Å²) < 4.78 is 23.2. The van der Waals surface area contributed by atoms with E-state index < -0.39 is 14.6 Å². The average molecular weight is 269 g/mol. The second-order valence-electron chi connectivity index (χ2n) is 5.52. The third kappa shape index (κ3) is 4.10. The second-order valence-corrected chi connectivity index (χ2v) is 8.38. The topological polar surface area (TPSA) is 46.2 Å². The minimum Gasteiger partial charge on any atom is -0.309 e. The number of benzene rings is 1. The van der Waals surface area contributed by atoms with Crippen LogP contribution in [0.5, 0.6) is 0 Å². The van der Waals surface area contributed by atoms with Crippen LogP contribution >= 0.6 is 0 Å². The summed E-state index contributed by atoms with van der Waals surface area (Å²) >= 11 is 0. The highest BCUT2D eigenvalue weighted by Crippen LogP contribution is 2.16. The molecular formula is C14H23NO2S. The maximum atomic E-state index is 11.9. The molecule has 1 aromatic rings. The molecule has 4 heteroatoms. The maximum Gasteiger partial charge on any atom is 0.156 e. The van der Waals surface area contributed by atoms with Gasteiger partial charge in [0.15, 0.2) is 9.84 Å². The molecule has 102 valence electrons. The molecule has 0 spiro atoms. The van der Waals surface area contributed by atoms with Crippen molar-refractivity contribution in [3.8, 4) is 0 Å².